The number of para-hydroxylation sites is 1. The van der Waals surface area contributed by atoms with Gasteiger partial charge in [0.25, 0.3) is 0 Å². The molecule has 0 aliphatic rings. The van der Waals surface area contributed by atoms with Crippen molar-refractivity contribution in [2.75, 3.05) is 27.2 Å². The maximum Gasteiger partial charge on any atom is 0.143 e. The molecule has 0 aliphatic carbocycles. The minimum Gasteiger partial charge on any atom is -0.492 e. The summed E-state index contributed by atoms with van der Waals surface area (Å²) in [6.07, 6.45) is 0.356. The molecule has 96 valence electrons. The van der Waals surface area contributed by atoms with Gasteiger partial charge in [0.2, 0.25) is 0 Å². The first kappa shape index (κ1) is 14.3. The predicted molar refractivity (Wildman–Crippen MR) is 70.8 cm³/mol. The van der Waals surface area contributed by atoms with Crippen molar-refractivity contribution in [2.24, 2.45) is 0 Å². The third-order valence-corrected chi connectivity index (χ3v) is 2.74. The maximum atomic E-state index is 9.63. The first-order chi connectivity index (χ1) is 8.02. The Labute approximate surface area is 108 Å². The van der Waals surface area contributed by atoms with Gasteiger partial charge in [0.15, 0.2) is 0 Å². The van der Waals surface area contributed by atoms with Gasteiger partial charge >= 0.3 is 0 Å². The number of aliphatic hydroxyl groups excluding tert-OH is 1. The number of hydrogen-bond acceptors (Lipinski definition) is 3. The second-order valence-corrected chi connectivity index (χ2v) is 4.75. The predicted octanol–water partition coefficient (Wildman–Crippen LogP) is 2.72. The zero-order valence-electron chi connectivity index (χ0n) is 10.6. The van der Waals surface area contributed by atoms with Gasteiger partial charge in [0.1, 0.15) is 5.75 Å². The molecule has 0 fully saturated rings. The van der Waals surface area contributed by atoms with Crippen molar-refractivity contribution < 1.29 is 9.84 Å². The molecule has 17 heavy (non-hydrogen) atoms. The molecular weight excluding hydrogens is 238 g/mol. The van der Waals surface area contributed by atoms with Crippen molar-refractivity contribution in [1.29, 1.82) is 0 Å². The van der Waals surface area contributed by atoms with Gasteiger partial charge in [-0.15, -0.1) is 0 Å². The zero-order valence-corrected chi connectivity index (χ0v) is 11.4. The van der Waals surface area contributed by atoms with E-state index in [1.54, 1.807) is 13.0 Å². The van der Waals surface area contributed by atoms with Crippen LogP contribution in [0.1, 0.15) is 25.0 Å². The van der Waals surface area contributed by atoms with E-state index in [2.05, 4.69) is 4.90 Å². The highest BCUT2D eigenvalue weighted by atomic mass is 35.5. The molecule has 0 aliphatic heterocycles. The summed E-state index contributed by atoms with van der Waals surface area (Å²) in [4.78, 5) is 2.10. The first-order valence-electron chi connectivity index (χ1n) is 5.76. The van der Waals surface area contributed by atoms with Crippen LogP contribution in [-0.4, -0.2) is 37.3 Å². The Hall–Kier alpha value is -0.770. The molecule has 1 unspecified atom stereocenters. The van der Waals surface area contributed by atoms with Crippen molar-refractivity contribution in [1.82, 2.24) is 4.90 Å². The topological polar surface area (TPSA) is 32.7 Å². The van der Waals surface area contributed by atoms with Crippen LogP contribution in [-0.2, 0) is 0 Å². The second-order valence-electron chi connectivity index (χ2n) is 4.34. The van der Waals surface area contributed by atoms with Crippen LogP contribution in [0.5, 0.6) is 5.75 Å². The number of aliphatic hydroxyl groups is 1. The molecule has 1 aromatic carbocycles. The lowest BCUT2D eigenvalue weighted by Crippen LogP contribution is -2.16. The molecule has 0 bridgehead atoms. The summed E-state index contributed by atoms with van der Waals surface area (Å²) in [6.45, 7) is 3.27. The lowest BCUT2D eigenvalue weighted by molar-refractivity contribution is 0.190. The highest BCUT2D eigenvalue weighted by Crippen LogP contribution is 2.32. The molecule has 4 heteroatoms. The summed E-state index contributed by atoms with van der Waals surface area (Å²) < 4.78 is 5.66. The van der Waals surface area contributed by atoms with Crippen molar-refractivity contribution >= 4 is 11.6 Å². The average Bonchev–Trinajstić information content (AvgIpc) is 2.25. The standard InChI is InChI=1S/C13H20ClNO2/c1-10(16)11-6-4-7-12(14)13(11)17-9-5-8-15(2)3/h4,6-7,10,16H,5,8-9H2,1-3H3. The van der Waals surface area contributed by atoms with E-state index in [-0.39, 0.29) is 0 Å². The van der Waals surface area contributed by atoms with Crippen LogP contribution in [0.4, 0.5) is 0 Å². The Morgan fingerprint density at radius 1 is 1.41 bits per heavy atom. The van der Waals surface area contributed by atoms with E-state index in [1.165, 1.54) is 0 Å². The van der Waals surface area contributed by atoms with E-state index < -0.39 is 6.10 Å². The van der Waals surface area contributed by atoms with Gasteiger partial charge in [0.05, 0.1) is 17.7 Å². The van der Waals surface area contributed by atoms with E-state index >= 15 is 0 Å². The fraction of sp³-hybridized carbons (Fsp3) is 0.538. The summed E-state index contributed by atoms with van der Waals surface area (Å²) in [5.41, 5.74) is 0.738. The molecule has 0 saturated heterocycles. The molecular formula is C13H20ClNO2. The Bertz CT molecular complexity index is 353. The summed E-state index contributed by atoms with van der Waals surface area (Å²) in [7, 11) is 4.05. The molecule has 0 amide bonds. The quantitative estimate of drug-likeness (QED) is 0.796. The summed E-state index contributed by atoms with van der Waals surface area (Å²) >= 11 is 6.07. The van der Waals surface area contributed by atoms with Crippen molar-refractivity contribution in [2.45, 2.75) is 19.4 Å². The number of halogens is 1. The van der Waals surface area contributed by atoms with Crippen LogP contribution < -0.4 is 4.74 Å². The maximum absolute atomic E-state index is 9.63. The first-order valence-corrected chi connectivity index (χ1v) is 6.14. The Morgan fingerprint density at radius 2 is 2.12 bits per heavy atom. The van der Waals surface area contributed by atoms with E-state index in [1.807, 2.05) is 26.2 Å². The molecule has 3 nitrogen and oxygen atoms in total. The minimum absolute atomic E-state index is 0.549. The number of benzene rings is 1. The Balaban J connectivity index is 2.63. The third kappa shape index (κ3) is 4.54. The smallest absolute Gasteiger partial charge is 0.143 e. The molecule has 0 radical (unpaired) electrons. The van der Waals surface area contributed by atoms with E-state index in [4.69, 9.17) is 16.3 Å². The number of rotatable bonds is 6. The number of ether oxygens (including phenoxy) is 1. The largest absolute Gasteiger partial charge is 0.492 e. The normalized spacial score (nSPS) is 12.8. The van der Waals surface area contributed by atoms with Crippen molar-refractivity contribution in [3.05, 3.63) is 28.8 Å². The van der Waals surface area contributed by atoms with Crippen LogP contribution in [0.3, 0.4) is 0 Å². The fourth-order valence-corrected chi connectivity index (χ4v) is 1.80. The van der Waals surface area contributed by atoms with Gasteiger partial charge in [0, 0.05) is 12.1 Å². The Morgan fingerprint density at radius 3 is 2.71 bits per heavy atom. The van der Waals surface area contributed by atoms with Crippen molar-refractivity contribution in [3.8, 4) is 5.75 Å². The van der Waals surface area contributed by atoms with Gasteiger partial charge in [-0.25, -0.2) is 0 Å². The molecule has 1 rings (SSSR count). The number of nitrogens with zero attached hydrogens (tertiary/aromatic N) is 1. The SMILES string of the molecule is CC(O)c1cccc(Cl)c1OCCCN(C)C. The average molecular weight is 258 g/mol. The zero-order chi connectivity index (χ0) is 12.8. The molecule has 1 atom stereocenters. The van der Waals surface area contributed by atoms with Crippen LogP contribution in [0.15, 0.2) is 18.2 Å². The van der Waals surface area contributed by atoms with Gasteiger partial charge in [-0.05, 0) is 33.5 Å². The van der Waals surface area contributed by atoms with E-state index in [9.17, 15) is 5.11 Å². The summed E-state index contributed by atoms with van der Waals surface area (Å²) in [5, 5.41) is 10.2. The lowest BCUT2D eigenvalue weighted by atomic mass is 10.1. The minimum atomic E-state index is -0.572. The highest BCUT2D eigenvalue weighted by Gasteiger charge is 2.12. The number of hydrogen-bond donors (Lipinski definition) is 1. The lowest BCUT2D eigenvalue weighted by Gasteiger charge is -2.15. The van der Waals surface area contributed by atoms with Crippen LogP contribution in [0, 0.1) is 0 Å². The molecule has 0 aromatic heterocycles. The van der Waals surface area contributed by atoms with Gasteiger partial charge in [-0.3, -0.25) is 0 Å². The third-order valence-electron chi connectivity index (χ3n) is 2.44. The van der Waals surface area contributed by atoms with E-state index in [0.717, 1.165) is 18.5 Å². The molecule has 0 heterocycles. The molecule has 1 N–H and O–H groups in total. The van der Waals surface area contributed by atoms with Gasteiger partial charge < -0.3 is 14.7 Å². The van der Waals surface area contributed by atoms with Crippen LogP contribution >= 0.6 is 11.6 Å². The van der Waals surface area contributed by atoms with Gasteiger partial charge in [-0.2, -0.15) is 0 Å². The molecule has 1 aromatic rings. The summed E-state index contributed by atoms with van der Waals surface area (Å²) in [5.74, 6) is 0.600. The second kappa shape index (κ2) is 6.84. The summed E-state index contributed by atoms with van der Waals surface area (Å²) in [6, 6.07) is 5.42. The van der Waals surface area contributed by atoms with Crippen LogP contribution in [0.25, 0.3) is 0 Å². The fourth-order valence-electron chi connectivity index (χ4n) is 1.56. The Kier molecular flexibility index (Phi) is 5.75. The van der Waals surface area contributed by atoms with Crippen molar-refractivity contribution in [3.63, 3.8) is 0 Å². The molecule has 0 spiro atoms. The van der Waals surface area contributed by atoms with Crippen LogP contribution in [0.2, 0.25) is 5.02 Å². The molecule has 0 saturated carbocycles. The highest BCUT2D eigenvalue weighted by molar-refractivity contribution is 6.32. The van der Waals surface area contributed by atoms with E-state index in [0.29, 0.717) is 17.4 Å². The van der Waals surface area contributed by atoms with Gasteiger partial charge in [-0.1, -0.05) is 23.7 Å². The monoisotopic (exact) mass is 257 g/mol.